The summed E-state index contributed by atoms with van der Waals surface area (Å²) >= 11 is 0. The Labute approximate surface area is 147 Å². The summed E-state index contributed by atoms with van der Waals surface area (Å²) in [5.74, 6) is -0.635. The van der Waals surface area contributed by atoms with Crippen molar-refractivity contribution in [3.05, 3.63) is 35.4 Å². The van der Waals surface area contributed by atoms with E-state index < -0.39 is 17.5 Å². The van der Waals surface area contributed by atoms with Crippen molar-refractivity contribution in [3.63, 3.8) is 0 Å². The zero-order valence-corrected chi connectivity index (χ0v) is 14.6. The molecule has 6 nitrogen and oxygen atoms in total. The summed E-state index contributed by atoms with van der Waals surface area (Å²) in [4.78, 5) is 25.9. The summed E-state index contributed by atoms with van der Waals surface area (Å²) in [6, 6.07) is 7.64. The molecule has 1 saturated carbocycles. The minimum absolute atomic E-state index is 0.0692. The summed E-state index contributed by atoms with van der Waals surface area (Å²) in [6.45, 7) is 2.86. The standard InChI is InChI=1S/C19H26N2O4/c1-13-2-4-15(5-3-13)11-20-18(25)21-9-8-16(22)19(12-21,17(23)24)10-14-6-7-14/h2-5,14,16,22H,6-12H2,1H3,(H,20,25)(H,23,24)/t16-,19+/m0/s1. The van der Waals surface area contributed by atoms with Gasteiger partial charge in [-0.3, -0.25) is 4.79 Å². The Hall–Kier alpha value is -2.08. The maximum atomic E-state index is 12.5. The fourth-order valence-electron chi connectivity index (χ4n) is 3.58. The Morgan fingerprint density at radius 3 is 2.52 bits per heavy atom. The van der Waals surface area contributed by atoms with Crippen LogP contribution in [-0.4, -0.2) is 46.3 Å². The van der Waals surface area contributed by atoms with Crippen LogP contribution in [0.15, 0.2) is 24.3 Å². The number of carboxylic acids is 1. The average molecular weight is 346 g/mol. The number of aliphatic hydroxyl groups excluding tert-OH is 1. The van der Waals surface area contributed by atoms with Crippen molar-refractivity contribution in [1.29, 1.82) is 0 Å². The maximum absolute atomic E-state index is 12.5. The number of carbonyl (C=O) groups excluding carboxylic acids is 1. The normalized spacial score (nSPS) is 26.3. The van der Waals surface area contributed by atoms with Crippen LogP contribution < -0.4 is 5.32 Å². The molecule has 1 aromatic rings. The van der Waals surface area contributed by atoms with E-state index >= 15 is 0 Å². The summed E-state index contributed by atoms with van der Waals surface area (Å²) in [6.07, 6.45) is 1.89. The second kappa shape index (κ2) is 7.04. The lowest BCUT2D eigenvalue weighted by molar-refractivity contribution is -0.163. The van der Waals surface area contributed by atoms with Crippen LogP contribution >= 0.6 is 0 Å². The summed E-state index contributed by atoms with van der Waals surface area (Å²) in [5, 5.41) is 23.0. The predicted octanol–water partition coefficient (Wildman–Crippen LogP) is 2.14. The number of benzene rings is 1. The van der Waals surface area contributed by atoms with E-state index in [0.29, 0.717) is 31.8 Å². The van der Waals surface area contributed by atoms with Crippen molar-refractivity contribution in [2.24, 2.45) is 11.3 Å². The Morgan fingerprint density at radius 2 is 1.92 bits per heavy atom. The van der Waals surface area contributed by atoms with Gasteiger partial charge in [0, 0.05) is 19.6 Å². The maximum Gasteiger partial charge on any atom is 0.317 e. The molecule has 2 amide bonds. The fourth-order valence-corrected chi connectivity index (χ4v) is 3.58. The van der Waals surface area contributed by atoms with E-state index in [9.17, 15) is 19.8 Å². The predicted molar refractivity (Wildman–Crippen MR) is 93.0 cm³/mol. The molecule has 6 heteroatoms. The molecule has 1 aliphatic carbocycles. The number of hydrogen-bond donors (Lipinski definition) is 3. The molecule has 0 radical (unpaired) electrons. The molecule has 0 aromatic heterocycles. The van der Waals surface area contributed by atoms with E-state index in [1.54, 1.807) is 0 Å². The zero-order chi connectivity index (χ0) is 18.0. The van der Waals surface area contributed by atoms with Crippen LogP contribution in [0.4, 0.5) is 4.79 Å². The Balaban J connectivity index is 1.63. The first-order valence-corrected chi connectivity index (χ1v) is 8.90. The third kappa shape index (κ3) is 3.95. The summed E-state index contributed by atoms with van der Waals surface area (Å²) in [5.41, 5.74) is 0.922. The molecule has 1 saturated heterocycles. The Kier molecular flexibility index (Phi) is 4.99. The molecular weight excluding hydrogens is 320 g/mol. The number of nitrogens with one attached hydrogen (secondary N) is 1. The SMILES string of the molecule is Cc1ccc(CNC(=O)N2CC[C@H](O)[C@](CC3CC3)(C(=O)O)C2)cc1. The fraction of sp³-hybridized carbons (Fsp3) is 0.579. The number of hydrogen-bond acceptors (Lipinski definition) is 3. The lowest BCUT2D eigenvalue weighted by Crippen LogP contribution is -2.59. The lowest BCUT2D eigenvalue weighted by Gasteiger charge is -2.43. The Morgan fingerprint density at radius 1 is 1.24 bits per heavy atom. The van der Waals surface area contributed by atoms with Crippen LogP contribution in [0.1, 0.15) is 36.8 Å². The van der Waals surface area contributed by atoms with Gasteiger partial charge in [0.1, 0.15) is 5.41 Å². The number of carbonyl (C=O) groups is 2. The topological polar surface area (TPSA) is 89.9 Å². The number of aliphatic carboxylic acids is 1. The van der Waals surface area contributed by atoms with Crippen LogP contribution in [0.2, 0.25) is 0 Å². The van der Waals surface area contributed by atoms with Gasteiger partial charge >= 0.3 is 12.0 Å². The average Bonchev–Trinajstić information content (AvgIpc) is 3.40. The van der Waals surface area contributed by atoms with Gasteiger partial charge in [0.25, 0.3) is 0 Å². The molecule has 1 aliphatic heterocycles. The molecule has 2 atom stereocenters. The molecule has 0 bridgehead atoms. The van der Waals surface area contributed by atoms with E-state index in [-0.39, 0.29) is 12.6 Å². The molecule has 2 fully saturated rings. The number of nitrogens with zero attached hydrogens (tertiary/aromatic N) is 1. The van der Waals surface area contributed by atoms with Gasteiger partial charge < -0.3 is 20.4 Å². The van der Waals surface area contributed by atoms with Gasteiger partial charge in [-0.05, 0) is 31.2 Å². The highest BCUT2D eigenvalue weighted by atomic mass is 16.4. The second-order valence-electron chi connectivity index (χ2n) is 7.48. The Bertz CT molecular complexity index is 641. The van der Waals surface area contributed by atoms with Gasteiger partial charge in [-0.1, -0.05) is 42.7 Å². The number of carboxylic acid groups (broad SMARTS) is 1. The highest BCUT2D eigenvalue weighted by Gasteiger charge is 2.52. The van der Waals surface area contributed by atoms with Gasteiger partial charge in [0.2, 0.25) is 0 Å². The summed E-state index contributed by atoms with van der Waals surface area (Å²) in [7, 11) is 0. The van der Waals surface area contributed by atoms with Crippen LogP contribution in [0, 0.1) is 18.3 Å². The lowest BCUT2D eigenvalue weighted by atomic mass is 9.73. The quantitative estimate of drug-likeness (QED) is 0.762. The largest absolute Gasteiger partial charge is 0.481 e. The van der Waals surface area contributed by atoms with Crippen molar-refractivity contribution < 1.29 is 19.8 Å². The second-order valence-corrected chi connectivity index (χ2v) is 7.48. The van der Waals surface area contributed by atoms with Gasteiger partial charge in [-0.15, -0.1) is 0 Å². The molecule has 136 valence electrons. The smallest absolute Gasteiger partial charge is 0.317 e. The molecule has 3 rings (SSSR count). The minimum atomic E-state index is -1.24. The van der Waals surface area contributed by atoms with Gasteiger partial charge in [-0.25, -0.2) is 4.79 Å². The van der Waals surface area contributed by atoms with Gasteiger partial charge in [0.15, 0.2) is 0 Å². The van der Waals surface area contributed by atoms with Gasteiger partial charge in [0.05, 0.1) is 6.10 Å². The van der Waals surface area contributed by atoms with Crippen LogP contribution in [0.25, 0.3) is 0 Å². The molecule has 25 heavy (non-hydrogen) atoms. The summed E-state index contributed by atoms with van der Waals surface area (Å²) < 4.78 is 0. The van der Waals surface area contributed by atoms with Crippen molar-refractivity contribution >= 4 is 12.0 Å². The minimum Gasteiger partial charge on any atom is -0.481 e. The zero-order valence-electron chi connectivity index (χ0n) is 14.6. The van der Waals surface area contributed by atoms with E-state index in [0.717, 1.165) is 24.0 Å². The number of amides is 2. The molecule has 0 spiro atoms. The first kappa shape index (κ1) is 17.7. The van der Waals surface area contributed by atoms with Crippen molar-refractivity contribution in [1.82, 2.24) is 10.2 Å². The number of aliphatic hydroxyl groups is 1. The highest BCUT2D eigenvalue weighted by molar-refractivity contribution is 5.79. The van der Waals surface area contributed by atoms with E-state index in [2.05, 4.69) is 5.32 Å². The van der Waals surface area contributed by atoms with E-state index in [1.165, 1.54) is 4.90 Å². The molecule has 1 heterocycles. The number of urea groups is 1. The first-order valence-electron chi connectivity index (χ1n) is 8.90. The number of piperidine rings is 1. The third-order valence-electron chi connectivity index (χ3n) is 5.41. The van der Waals surface area contributed by atoms with Crippen molar-refractivity contribution in [2.45, 2.75) is 45.3 Å². The van der Waals surface area contributed by atoms with Crippen molar-refractivity contribution in [3.8, 4) is 0 Å². The number of rotatable bonds is 5. The van der Waals surface area contributed by atoms with Crippen LogP contribution in [0.3, 0.4) is 0 Å². The highest BCUT2D eigenvalue weighted by Crippen LogP contribution is 2.45. The monoisotopic (exact) mass is 346 g/mol. The molecule has 0 unspecified atom stereocenters. The first-order chi connectivity index (χ1) is 11.9. The van der Waals surface area contributed by atoms with Crippen molar-refractivity contribution in [2.75, 3.05) is 13.1 Å². The molecule has 2 aliphatic rings. The third-order valence-corrected chi connectivity index (χ3v) is 5.41. The molecule has 1 aromatic carbocycles. The van der Waals surface area contributed by atoms with Crippen LogP contribution in [-0.2, 0) is 11.3 Å². The van der Waals surface area contributed by atoms with E-state index in [4.69, 9.17) is 0 Å². The number of likely N-dealkylation sites (tertiary alicyclic amines) is 1. The van der Waals surface area contributed by atoms with E-state index in [1.807, 2.05) is 31.2 Å². The molecule has 3 N–H and O–H groups in total. The van der Waals surface area contributed by atoms with Gasteiger partial charge in [-0.2, -0.15) is 0 Å². The van der Waals surface area contributed by atoms with Crippen LogP contribution in [0.5, 0.6) is 0 Å². The number of aryl methyl sites for hydroxylation is 1. The molecular formula is C19H26N2O4.